The van der Waals surface area contributed by atoms with Gasteiger partial charge in [0.1, 0.15) is 33.8 Å². The van der Waals surface area contributed by atoms with Gasteiger partial charge in [-0.1, -0.05) is 72.8 Å². The Kier molecular flexibility index (Phi) is 4.92. The summed E-state index contributed by atoms with van der Waals surface area (Å²) in [5, 5.41) is 4.44. The van der Waals surface area contributed by atoms with E-state index in [1.54, 1.807) is 0 Å². The molecule has 0 spiro atoms. The minimum atomic E-state index is -0.858. The van der Waals surface area contributed by atoms with Crippen molar-refractivity contribution in [3.05, 3.63) is 121 Å². The third-order valence-electron chi connectivity index (χ3n) is 8.39. The molecule has 0 bridgehead atoms. The van der Waals surface area contributed by atoms with Gasteiger partial charge in [-0.3, -0.25) is 0 Å². The molecule has 2 aromatic heterocycles. The molecule has 3 heterocycles. The van der Waals surface area contributed by atoms with Crippen LogP contribution in [0.25, 0.3) is 77.3 Å². The molecule has 0 unspecified atom stereocenters. The van der Waals surface area contributed by atoms with Crippen LogP contribution in [-0.2, 0) is 0 Å². The summed E-state index contributed by atoms with van der Waals surface area (Å²) in [5.74, 6) is 0.699. The van der Waals surface area contributed by atoms with Crippen LogP contribution in [0.15, 0.2) is 130 Å². The summed E-state index contributed by atoms with van der Waals surface area (Å²) < 4.78 is 25.4. The molecular formula is C39H26O4. The number of hydrogen-bond acceptors (Lipinski definition) is 4. The van der Waals surface area contributed by atoms with E-state index in [1.165, 1.54) is 0 Å². The summed E-state index contributed by atoms with van der Waals surface area (Å²) in [7, 11) is 0. The first-order valence-corrected chi connectivity index (χ1v) is 14.5. The van der Waals surface area contributed by atoms with Gasteiger partial charge >= 0.3 is 0 Å². The molecule has 0 aliphatic carbocycles. The first-order valence-electron chi connectivity index (χ1n) is 14.5. The predicted molar refractivity (Wildman–Crippen MR) is 173 cm³/mol. The third kappa shape index (κ3) is 3.76. The largest absolute Gasteiger partial charge is 0.456 e. The lowest BCUT2D eigenvalue weighted by atomic mass is 9.94. The molecule has 0 fully saturated rings. The highest BCUT2D eigenvalue weighted by Crippen LogP contribution is 2.47. The van der Waals surface area contributed by atoms with Crippen LogP contribution >= 0.6 is 0 Å². The summed E-state index contributed by atoms with van der Waals surface area (Å²) in [6, 6.07) is 41.7. The van der Waals surface area contributed by atoms with Gasteiger partial charge in [-0.2, -0.15) is 0 Å². The molecular weight excluding hydrogens is 532 g/mol. The van der Waals surface area contributed by atoms with E-state index in [0.29, 0.717) is 0 Å². The van der Waals surface area contributed by atoms with Gasteiger partial charge < -0.3 is 18.3 Å². The zero-order valence-corrected chi connectivity index (χ0v) is 23.7. The Labute approximate surface area is 247 Å². The number of para-hydroxylation sites is 3. The van der Waals surface area contributed by atoms with Crippen LogP contribution in [0.3, 0.4) is 0 Å². The fourth-order valence-electron chi connectivity index (χ4n) is 6.44. The van der Waals surface area contributed by atoms with E-state index >= 15 is 0 Å². The molecule has 1 aliphatic heterocycles. The van der Waals surface area contributed by atoms with Crippen LogP contribution in [0.2, 0.25) is 0 Å². The van der Waals surface area contributed by atoms with Crippen molar-refractivity contribution < 1.29 is 18.3 Å². The summed E-state index contributed by atoms with van der Waals surface area (Å²) in [6.07, 6.45) is 0. The minimum Gasteiger partial charge on any atom is -0.456 e. The maximum Gasteiger partial charge on any atom is 0.245 e. The van der Waals surface area contributed by atoms with E-state index in [9.17, 15) is 0 Å². The molecule has 0 saturated heterocycles. The Morgan fingerprint density at radius 3 is 1.93 bits per heavy atom. The van der Waals surface area contributed by atoms with Crippen molar-refractivity contribution >= 4 is 43.9 Å². The van der Waals surface area contributed by atoms with Crippen LogP contribution in [0.5, 0.6) is 11.5 Å². The Bertz CT molecular complexity index is 2390. The van der Waals surface area contributed by atoms with Crippen molar-refractivity contribution in [3.63, 3.8) is 0 Å². The van der Waals surface area contributed by atoms with Gasteiger partial charge in [-0.15, -0.1) is 0 Å². The van der Waals surface area contributed by atoms with Crippen LogP contribution in [-0.4, -0.2) is 5.79 Å². The van der Waals surface area contributed by atoms with Gasteiger partial charge in [0.15, 0.2) is 0 Å². The van der Waals surface area contributed by atoms with Gasteiger partial charge in [0.25, 0.3) is 0 Å². The minimum absolute atomic E-state index is 0.775. The lowest BCUT2D eigenvalue weighted by Crippen LogP contribution is -2.34. The van der Waals surface area contributed by atoms with Crippen LogP contribution in [0.4, 0.5) is 0 Å². The van der Waals surface area contributed by atoms with Gasteiger partial charge in [0.2, 0.25) is 5.79 Å². The summed E-state index contributed by atoms with van der Waals surface area (Å²) in [5.41, 5.74) is 9.76. The Morgan fingerprint density at radius 2 is 1.07 bits per heavy atom. The molecule has 0 saturated carbocycles. The molecule has 0 amide bonds. The predicted octanol–water partition coefficient (Wildman–Crippen LogP) is 11.0. The van der Waals surface area contributed by atoms with Gasteiger partial charge in [-0.25, -0.2) is 0 Å². The van der Waals surface area contributed by atoms with Gasteiger partial charge in [0.05, 0.1) is 0 Å². The zero-order chi connectivity index (χ0) is 28.7. The second kappa shape index (κ2) is 8.76. The monoisotopic (exact) mass is 558 g/mol. The number of furan rings is 2. The molecule has 0 atom stereocenters. The Morgan fingerprint density at radius 1 is 0.419 bits per heavy atom. The fraction of sp³-hybridized carbons (Fsp3) is 0.0769. The molecule has 6 aromatic carbocycles. The van der Waals surface area contributed by atoms with Crippen molar-refractivity contribution in [1.82, 2.24) is 0 Å². The van der Waals surface area contributed by atoms with Crippen LogP contribution < -0.4 is 9.47 Å². The third-order valence-corrected chi connectivity index (χ3v) is 8.39. The van der Waals surface area contributed by atoms with Gasteiger partial charge in [0, 0.05) is 52.1 Å². The Hall–Kier alpha value is -5.48. The maximum absolute atomic E-state index is 6.53. The molecule has 1 aliphatic rings. The number of benzene rings is 6. The Balaban J connectivity index is 1.20. The smallest absolute Gasteiger partial charge is 0.245 e. The lowest BCUT2D eigenvalue weighted by Gasteiger charge is -2.25. The number of fused-ring (bicyclic) bond motifs is 9. The molecule has 0 radical (unpaired) electrons. The lowest BCUT2D eigenvalue weighted by molar-refractivity contribution is -0.0778. The zero-order valence-electron chi connectivity index (χ0n) is 23.7. The number of hydrogen-bond donors (Lipinski definition) is 0. The van der Waals surface area contributed by atoms with Gasteiger partial charge in [-0.05, 0) is 65.2 Å². The topological polar surface area (TPSA) is 44.7 Å². The average Bonchev–Trinajstić information content (AvgIpc) is 3.56. The second-order valence-corrected chi connectivity index (χ2v) is 11.6. The molecule has 9 rings (SSSR count). The van der Waals surface area contributed by atoms with E-state index in [4.69, 9.17) is 18.3 Å². The normalized spacial score (nSPS) is 13.9. The molecule has 0 N–H and O–H groups in total. The van der Waals surface area contributed by atoms with E-state index in [1.807, 2.05) is 62.4 Å². The number of ether oxygens (including phenoxy) is 2. The molecule has 4 nitrogen and oxygen atoms in total. The molecule has 43 heavy (non-hydrogen) atoms. The highest BCUT2D eigenvalue weighted by atomic mass is 16.7. The van der Waals surface area contributed by atoms with Crippen molar-refractivity contribution in [2.75, 3.05) is 0 Å². The van der Waals surface area contributed by atoms with E-state index in [2.05, 4.69) is 72.8 Å². The SMILES string of the molecule is CC1(C)Oc2cc(-c3ccc4oc5ccccc5c4c3)ccc2-c2cc(-c3cccc4c3oc3ccccc34)ccc2O1. The highest BCUT2D eigenvalue weighted by Gasteiger charge is 2.30. The van der Waals surface area contributed by atoms with Crippen molar-refractivity contribution in [2.45, 2.75) is 19.6 Å². The van der Waals surface area contributed by atoms with E-state index in [-0.39, 0.29) is 0 Å². The molecule has 8 aromatic rings. The summed E-state index contributed by atoms with van der Waals surface area (Å²) >= 11 is 0. The second-order valence-electron chi connectivity index (χ2n) is 11.6. The summed E-state index contributed by atoms with van der Waals surface area (Å²) in [4.78, 5) is 0. The van der Waals surface area contributed by atoms with E-state index < -0.39 is 5.79 Å². The fourth-order valence-corrected chi connectivity index (χ4v) is 6.44. The maximum atomic E-state index is 6.53. The summed E-state index contributed by atoms with van der Waals surface area (Å²) in [6.45, 7) is 3.90. The molecule has 4 heteroatoms. The number of rotatable bonds is 2. The average molecular weight is 559 g/mol. The van der Waals surface area contributed by atoms with Crippen molar-refractivity contribution in [2.24, 2.45) is 0 Å². The van der Waals surface area contributed by atoms with E-state index in [0.717, 1.165) is 88.8 Å². The molecule has 206 valence electrons. The first kappa shape index (κ1) is 24.2. The van der Waals surface area contributed by atoms with Crippen LogP contribution in [0, 0.1) is 0 Å². The van der Waals surface area contributed by atoms with Crippen LogP contribution in [0.1, 0.15) is 13.8 Å². The first-order chi connectivity index (χ1) is 21.0. The quantitative estimate of drug-likeness (QED) is 0.212. The highest BCUT2D eigenvalue weighted by molar-refractivity contribution is 6.10. The van der Waals surface area contributed by atoms with Crippen molar-refractivity contribution in [1.29, 1.82) is 0 Å². The standard InChI is InChI=1S/C39H26O4/c1-39(2)42-36-19-16-25(26-10-7-11-30-27-8-3-6-13-34(27)41-38(26)30)21-32(36)29-17-14-24(22-37(29)43-39)23-15-18-35-31(20-23)28-9-4-5-12-33(28)40-35/h3-22H,1-2H3. The van der Waals surface area contributed by atoms with Crippen molar-refractivity contribution in [3.8, 4) is 44.9 Å².